The van der Waals surface area contributed by atoms with E-state index >= 15 is 0 Å². The molecular formula is C18H22N2O2. The van der Waals surface area contributed by atoms with Crippen molar-refractivity contribution in [3.05, 3.63) is 59.7 Å². The van der Waals surface area contributed by atoms with Gasteiger partial charge >= 0.3 is 0 Å². The number of hydrogen-bond donors (Lipinski definition) is 0. The van der Waals surface area contributed by atoms with E-state index in [0.29, 0.717) is 31.7 Å². The fraction of sp³-hybridized carbons (Fsp3) is 0.333. The zero-order valence-electron chi connectivity index (χ0n) is 13.2. The van der Waals surface area contributed by atoms with Crippen LogP contribution in [0.3, 0.4) is 0 Å². The van der Waals surface area contributed by atoms with Crippen molar-refractivity contribution in [3.63, 3.8) is 0 Å². The number of amides is 2. The summed E-state index contributed by atoms with van der Waals surface area (Å²) in [5, 5.41) is 0. The monoisotopic (exact) mass is 298 g/mol. The molecule has 0 radical (unpaired) electrons. The number of benzene rings is 1. The van der Waals surface area contributed by atoms with E-state index in [1.54, 1.807) is 17.1 Å². The third kappa shape index (κ3) is 4.07. The summed E-state index contributed by atoms with van der Waals surface area (Å²) in [5.74, 6) is 0.0390. The molecule has 4 heteroatoms. The summed E-state index contributed by atoms with van der Waals surface area (Å²) >= 11 is 0. The van der Waals surface area contributed by atoms with E-state index in [2.05, 4.69) is 0 Å². The number of aryl methyl sites for hydroxylation is 1. The Labute approximate surface area is 131 Å². The van der Waals surface area contributed by atoms with E-state index in [1.807, 2.05) is 55.2 Å². The molecule has 0 spiro atoms. The number of nitrogens with zero attached hydrogens (tertiary/aromatic N) is 2. The molecule has 0 aliphatic carbocycles. The Morgan fingerprint density at radius 3 is 2.14 bits per heavy atom. The van der Waals surface area contributed by atoms with Crippen molar-refractivity contribution >= 4 is 11.8 Å². The van der Waals surface area contributed by atoms with Crippen LogP contribution < -0.4 is 0 Å². The van der Waals surface area contributed by atoms with Crippen LogP contribution in [-0.4, -0.2) is 47.8 Å². The number of carbonyl (C=O) groups is 2. The van der Waals surface area contributed by atoms with E-state index < -0.39 is 0 Å². The molecule has 0 saturated carbocycles. The van der Waals surface area contributed by atoms with Crippen molar-refractivity contribution in [1.29, 1.82) is 0 Å². The molecule has 0 atom stereocenters. The minimum atomic E-state index is 0.000495. The Morgan fingerprint density at radius 1 is 0.955 bits per heavy atom. The van der Waals surface area contributed by atoms with Crippen molar-refractivity contribution in [3.8, 4) is 0 Å². The molecule has 0 N–H and O–H groups in total. The van der Waals surface area contributed by atoms with E-state index in [-0.39, 0.29) is 11.8 Å². The van der Waals surface area contributed by atoms with Crippen LogP contribution >= 0.6 is 0 Å². The first-order valence-corrected chi connectivity index (χ1v) is 7.56. The Balaban J connectivity index is 1.90. The summed E-state index contributed by atoms with van der Waals surface area (Å²) in [6.07, 6.45) is 7.01. The summed E-state index contributed by atoms with van der Waals surface area (Å²) in [4.78, 5) is 27.9. The zero-order valence-corrected chi connectivity index (χ0v) is 13.2. The molecule has 116 valence electrons. The van der Waals surface area contributed by atoms with Crippen LogP contribution in [0.4, 0.5) is 0 Å². The van der Waals surface area contributed by atoms with Crippen LogP contribution in [0.15, 0.2) is 48.6 Å². The number of rotatable bonds is 3. The molecule has 1 aliphatic heterocycles. The normalized spacial score (nSPS) is 15.7. The molecular weight excluding hydrogens is 276 g/mol. The van der Waals surface area contributed by atoms with Gasteiger partial charge in [-0.25, -0.2) is 0 Å². The van der Waals surface area contributed by atoms with Gasteiger partial charge in [-0.15, -0.1) is 0 Å². The molecule has 22 heavy (non-hydrogen) atoms. The van der Waals surface area contributed by atoms with E-state index in [9.17, 15) is 9.59 Å². The van der Waals surface area contributed by atoms with Crippen LogP contribution in [0.1, 0.15) is 22.8 Å². The lowest BCUT2D eigenvalue weighted by atomic mass is 10.1. The van der Waals surface area contributed by atoms with Gasteiger partial charge in [0, 0.05) is 37.8 Å². The molecule has 2 rings (SSSR count). The molecule has 1 fully saturated rings. The van der Waals surface area contributed by atoms with Gasteiger partial charge in [0.2, 0.25) is 5.91 Å². The van der Waals surface area contributed by atoms with Gasteiger partial charge in [-0.1, -0.05) is 35.9 Å². The highest BCUT2D eigenvalue weighted by Gasteiger charge is 2.23. The molecule has 1 heterocycles. The molecule has 0 unspecified atom stereocenters. The van der Waals surface area contributed by atoms with E-state index in [4.69, 9.17) is 0 Å². The highest BCUT2D eigenvalue weighted by atomic mass is 16.2. The van der Waals surface area contributed by atoms with Gasteiger partial charge in [-0.2, -0.15) is 0 Å². The maximum Gasteiger partial charge on any atom is 0.253 e. The zero-order chi connectivity index (χ0) is 15.9. The second-order valence-electron chi connectivity index (χ2n) is 5.37. The predicted molar refractivity (Wildman–Crippen MR) is 87.6 cm³/mol. The van der Waals surface area contributed by atoms with Gasteiger partial charge in [-0.3, -0.25) is 9.59 Å². The summed E-state index contributed by atoms with van der Waals surface area (Å²) in [6.45, 7) is 6.23. The lowest BCUT2D eigenvalue weighted by Crippen LogP contribution is -2.50. The summed E-state index contributed by atoms with van der Waals surface area (Å²) < 4.78 is 0. The maximum atomic E-state index is 12.4. The third-order valence-electron chi connectivity index (χ3n) is 3.72. The number of hydrogen-bond acceptors (Lipinski definition) is 2. The van der Waals surface area contributed by atoms with Crippen molar-refractivity contribution in [2.75, 3.05) is 26.2 Å². The highest BCUT2D eigenvalue weighted by Crippen LogP contribution is 2.10. The minimum Gasteiger partial charge on any atom is -0.336 e. The molecule has 1 aliphatic rings. The van der Waals surface area contributed by atoms with Crippen LogP contribution in [0.2, 0.25) is 0 Å². The quantitative estimate of drug-likeness (QED) is 0.635. The van der Waals surface area contributed by atoms with Crippen LogP contribution in [-0.2, 0) is 4.79 Å². The van der Waals surface area contributed by atoms with Crippen LogP contribution in [0.5, 0.6) is 0 Å². The molecule has 4 nitrogen and oxygen atoms in total. The molecule has 2 amide bonds. The van der Waals surface area contributed by atoms with Gasteiger partial charge in [-0.05, 0) is 26.0 Å². The first-order chi connectivity index (χ1) is 10.6. The minimum absolute atomic E-state index is 0.000495. The third-order valence-corrected chi connectivity index (χ3v) is 3.72. The summed E-state index contributed by atoms with van der Waals surface area (Å²) in [7, 11) is 0. The van der Waals surface area contributed by atoms with E-state index in [1.165, 1.54) is 0 Å². The van der Waals surface area contributed by atoms with Crippen molar-refractivity contribution in [2.24, 2.45) is 0 Å². The van der Waals surface area contributed by atoms with Crippen molar-refractivity contribution in [2.45, 2.75) is 13.8 Å². The molecule has 1 saturated heterocycles. The average Bonchev–Trinajstić information content (AvgIpc) is 2.55. The standard InChI is InChI=1S/C18H22N2O2/c1-3-4-5-6-17(21)19-11-13-20(14-12-19)18(22)16-9-7-15(2)8-10-16/h3-10H,11-14H2,1-2H3/b4-3+,6-5+. The molecule has 1 aromatic rings. The highest BCUT2D eigenvalue weighted by molar-refractivity contribution is 5.94. The first kappa shape index (κ1) is 16.0. The lowest BCUT2D eigenvalue weighted by Gasteiger charge is -2.34. The van der Waals surface area contributed by atoms with Gasteiger partial charge in [0.15, 0.2) is 0 Å². The number of piperazine rings is 1. The smallest absolute Gasteiger partial charge is 0.253 e. The molecule has 1 aromatic carbocycles. The lowest BCUT2D eigenvalue weighted by molar-refractivity contribution is -0.127. The Bertz CT molecular complexity index is 580. The van der Waals surface area contributed by atoms with Crippen LogP contribution in [0, 0.1) is 6.92 Å². The fourth-order valence-electron chi connectivity index (χ4n) is 2.36. The Hall–Kier alpha value is -2.36. The van der Waals surface area contributed by atoms with Gasteiger partial charge in [0.05, 0.1) is 0 Å². The van der Waals surface area contributed by atoms with Gasteiger partial charge < -0.3 is 9.80 Å². The predicted octanol–water partition coefficient (Wildman–Crippen LogP) is 2.41. The summed E-state index contributed by atoms with van der Waals surface area (Å²) in [6, 6.07) is 7.60. The topological polar surface area (TPSA) is 40.6 Å². The Kier molecular flexibility index (Phi) is 5.53. The largest absolute Gasteiger partial charge is 0.336 e. The van der Waals surface area contributed by atoms with Gasteiger partial charge in [0.1, 0.15) is 0 Å². The number of allylic oxidation sites excluding steroid dienone is 3. The van der Waals surface area contributed by atoms with Crippen molar-refractivity contribution in [1.82, 2.24) is 9.80 Å². The molecule has 0 aromatic heterocycles. The number of carbonyl (C=O) groups excluding carboxylic acids is 2. The molecule has 0 bridgehead atoms. The second kappa shape index (κ2) is 7.59. The second-order valence-corrected chi connectivity index (χ2v) is 5.37. The van der Waals surface area contributed by atoms with Gasteiger partial charge in [0.25, 0.3) is 5.91 Å². The maximum absolute atomic E-state index is 12.4. The fourth-order valence-corrected chi connectivity index (χ4v) is 2.36. The SMILES string of the molecule is C/C=C/C=C/C(=O)N1CCN(C(=O)c2ccc(C)cc2)CC1. The van der Waals surface area contributed by atoms with E-state index in [0.717, 1.165) is 5.56 Å². The van der Waals surface area contributed by atoms with Crippen LogP contribution in [0.25, 0.3) is 0 Å². The van der Waals surface area contributed by atoms with Crippen molar-refractivity contribution < 1.29 is 9.59 Å². The average molecular weight is 298 g/mol. The summed E-state index contributed by atoms with van der Waals surface area (Å²) in [5.41, 5.74) is 1.85. The first-order valence-electron chi connectivity index (χ1n) is 7.56. The Morgan fingerprint density at radius 2 is 1.55 bits per heavy atom.